The van der Waals surface area contributed by atoms with Gasteiger partial charge in [0, 0.05) is 11.1 Å². The second-order valence-electron chi connectivity index (χ2n) is 10.7. The zero-order valence-electron chi connectivity index (χ0n) is 25.3. The number of hydrogen-bond acceptors (Lipinski definition) is 10. The highest BCUT2D eigenvalue weighted by Gasteiger charge is 2.39. The molecule has 0 saturated heterocycles. The Balaban J connectivity index is 1.95. The number of oxazole rings is 1. The molecule has 16 heteroatoms. The number of aromatic nitrogens is 3. The number of aliphatic hydroxyl groups excluding tert-OH is 1. The van der Waals surface area contributed by atoms with E-state index < -0.39 is 60.6 Å². The van der Waals surface area contributed by atoms with Gasteiger partial charge >= 0.3 is 18.1 Å². The first-order valence-electron chi connectivity index (χ1n) is 13.7. The Labute approximate surface area is 256 Å². The Morgan fingerprint density at radius 2 is 1.49 bits per heavy atom. The maximum Gasteiger partial charge on any atom is 0.416 e. The molecule has 2 heterocycles. The highest BCUT2D eigenvalue weighted by atomic mass is 19.4. The van der Waals surface area contributed by atoms with Gasteiger partial charge in [0.2, 0.25) is 11.7 Å². The highest BCUT2D eigenvalue weighted by molar-refractivity contribution is 5.97. The summed E-state index contributed by atoms with van der Waals surface area (Å²) in [5.74, 6) is -3.90. The van der Waals surface area contributed by atoms with Crippen molar-refractivity contribution in [3.8, 4) is 22.7 Å². The second kappa shape index (κ2) is 14.4. The quantitative estimate of drug-likeness (QED) is 0.251. The lowest BCUT2D eigenvalue weighted by Gasteiger charge is -2.20. The molecule has 0 aliphatic heterocycles. The molecular weight excluding hydrogens is 603 g/mol. The van der Waals surface area contributed by atoms with Crippen LogP contribution in [0.1, 0.15) is 48.7 Å². The Morgan fingerprint density at radius 1 is 0.933 bits per heavy atom. The van der Waals surface area contributed by atoms with Crippen molar-refractivity contribution in [1.29, 1.82) is 0 Å². The monoisotopic (exact) mass is 637 g/mol. The third-order valence-corrected chi connectivity index (χ3v) is 6.69. The third-order valence-electron chi connectivity index (χ3n) is 6.69. The molecule has 3 aromatic rings. The normalized spacial score (nSPS) is 13.7. The van der Waals surface area contributed by atoms with Crippen LogP contribution in [0, 0.1) is 11.8 Å². The van der Waals surface area contributed by atoms with E-state index in [4.69, 9.17) is 13.9 Å². The molecule has 2 amide bonds. The summed E-state index contributed by atoms with van der Waals surface area (Å²) in [5, 5.41) is 18.8. The Bertz CT molecular complexity index is 1530. The van der Waals surface area contributed by atoms with Gasteiger partial charge in [0.05, 0.1) is 32.7 Å². The van der Waals surface area contributed by atoms with Crippen LogP contribution in [-0.2, 0) is 25.6 Å². The van der Waals surface area contributed by atoms with Crippen molar-refractivity contribution in [3.05, 3.63) is 48.0 Å². The first-order chi connectivity index (χ1) is 21.1. The number of methoxy groups -OCH3 is 2. The zero-order valence-corrected chi connectivity index (χ0v) is 25.3. The third kappa shape index (κ3) is 8.47. The Hall–Kier alpha value is -4.73. The van der Waals surface area contributed by atoms with Gasteiger partial charge in [-0.2, -0.15) is 18.3 Å². The fourth-order valence-electron chi connectivity index (χ4n) is 4.15. The van der Waals surface area contributed by atoms with E-state index in [9.17, 15) is 37.5 Å². The molecule has 0 spiro atoms. The number of aliphatic hydroxyl groups is 1. The maximum atomic E-state index is 13.2. The topological polar surface area (TPSA) is 175 Å². The van der Waals surface area contributed by atoms with Crippen molar-refractivity contribution >= 4 is 23.8 Å². The molecule has 3 rings (SSSR count). The Morgan fingerprint density at radius 3 is 2.02 bits per heavy atom. The van der Waals surface area contributed by atoms with E-state index >= 15 is 0 Å². The summed E-state index contributed by atoms with van der Waals surface area (Å²) in [6.45, 7) is 5.63. The van der Waals surface area contributed by atoms with Crippen LogP contribution in [0.15, 0.2) is 40.9 Å². The number of hydrogen-bond donors (Lipinski definition) is 3. The first-order valence-corrected chi connectivity index (χ1v) is 13.7. The smallest absolute Gasteiger partial charge is 0.416 e. The van der Waals surface area contributed by atoms with E-state index in [2.05, 4.69) is 20.7 Å². The van der Waals surface area contributed by atoms with Crippen LogP contribution < -0.4 is 10.6 Å². The summed E-state index contributed by atoms with van der Waals surface area (Å²) in [6.07, 6.45) is -6.67. The molecule has 244 valence electrons. The Kier molecular flexibility index (Phi) is 11.1. The number of benzene rings is 1. The molecule has 1 unspecified atom stereocenters. The molecule has 0 fully saturated rings. The van der Waals surface area contributed by atoms with Crippen molar-refractivity contribution in [2.24, 2.45) is 11.8 Å². The first kappa shape index (κ1) is 34.8. The van der Waals surface area contributed by atoms with E-state index in [1.165, 1.54) is 19.2 Å². The van der Waals surface area contributed by atoms with Crippen LogP contribution in [0.3, 0.4) is 0 Å². The molecule has 0 aliphatic rings. The molecule has 3 atom stereocenters. The molecule has 0 bridgehead atoms. The fourth-order valence-corrected chi connectivity index (χ4v) is 4.15. The number of amides is 2. The van der Waals surface area contributed by atoms with Gasteiger partial charge in [-0.15, -0.1) is 0 Å². The van der Waals surface area contributed by atoms with Crippen molar-refractivity contribution in [3.63, 3.8) is 0 Å². The predicted octanol–water partition coefficient (Wildman–Crippen LogP) is 2.98. The summed E-state index contributed by atoms with van der Waals surface area (Å²) >= 11 is 0. The van der Waals surface area contributed by atoms with Crippen LogP contribution in [-0.4, -0.2) is 82.2 Å². The van der Waals surface area contributed by atoms with Crippen LogP contribution in [0.2, 0.25) is 0 Å². The van der Waals surface area contributed by atoms with Crippen LogP contribution >= 0.6 is 0 Å². The summed E-state index contributed by atoms with van der Waals surface area (Å²) in [4.78, 5) is 54.2. The number of halogens is 3. The lowest BCUT2D eigenvalue weighted by Crippen LogP contribution is -2.46. The van der Waals surface area contributed by atoms with Gasteiger partial charge in [-0.05, 0) is 30.0 Å². The zero-order chi connectivity index (χ0) is 33.6. The molecule has 1 aromatic carbocycles. The number of nitrogens with one attached hydrogen (secondary N) is 2. The molecule has 0 radical (unpaired) electrons. The molecular formula is C29H34F3N5O8. The molecule has 2 aromatic heterocycles. The number of ether oxygens (including phenoxy) is 2. The number of rotatable bonds is 12. The minimum Gasteiger partial charge on any atom is -0.467 e. The van der Waals surface area contributed by atoms with Gasteiger partial charge in [-0.1, -0.05) is 39.8 Å². The van der Waals surface area contributed by atoms with Crippen LogP contribution in [0.4, 0.5) is 13.2 Å². The summed E-state index contributed by atoms with van der Waals surface area (Å²) in [5.41, 5.74) is 0.373. The lowest BCUT2D eigenvalue weighted by atomic mass is 10.0. The van der Waals surface area contributed by atoms with Gasteiger partial charge in [-0.3, -0.25) is 14.3 Å². The average Bonchev–Trinajstić information content (AvgIpc) is 3.65. The molecule has 0 saturated carbocycles. The van der Waals surface area contributed by atoms with E-state index in [1.807, 2.05) is 0 Å². The summed E-state index contributed by atoms with van der Waals surface area (Å²) in [6, 6.07) is 5.40. The molecule has 13 nitrogen and oxygen atoms in total. The minimum atomic E-state index is -4.99. The highest BCUT2D eigenvalue weighted by Crippen LogP contribution is 2.28. The van der Waals surface area contributed by atoms with Gasteiger partial charge in [0.1, 0.15) is 17.8 Å². The number of esters is 2. The number of carbonyl (C=O) groups excluding carboxylic acids is 4. The standard InChI is InChI=1S/C29H34F3N5O8/c1-14(2)22(27(41)43-5)34-24(39)19-11-18(36-37(19)13-21(38)29(30,31)32)16-8-7-9-17(10-16)26-33-12-20(45-26)25(40)35-23(15(3)4)28(42)44-6/h7-12,14-15,21-23,38H,13H2,1-6H3,(H,34,39)(H,35,40)/t21?,22-,23-/m0/s1. The van der Waals surface area contributed by atoms with Crippen molar-refractivity contribution in [2.45, 2.75) is 58.6 Å². The maximum absolute atomic E-state index is 13.2. The fraction of sp³-hybridized carbons (Fsp3) is 0.448. The van der Waals surface area contributed by atoms with Crippen molar-refractivity contribution < 1.29 is 51.3 Å². The van der Waals surface area contributed by atoms with E-state index in [1.54, 1.807) is 45.9 Å². The summed E-state index contributed by atoms with van der Waals surface area (Å²) < 4.78 is 55.4. The molecule has 0 aliphatic carbocycles. The van der Waals surface area contributed by atoms with E-state index in [-0.39, 0.29) is 29.0 Å². The molecule has 3 N–H and O–H groups in total. The van der Waals surface area contributed by atoms with Gasteiger partial charge in [0.15, 0.2) is 6.10 Å². The minimum absolute atomic E-state index is 0.00362. The predicted molar refractivity (Wildman–Crippen MR) is 151 cm³/mol. The SMILES string of the molecule is COC(=O)[C@@H](NC(=O)c1cnc(-c2cccc(-c3cc(C(=O)N[C@H](C(=O)OC)C(C)C)n(CC(O)C(F)(F)F)n3)c2)o1)C(C)C. The van der Waals surface area contributed by atoms with E-state index in [0.717, 1.165) is 13.3 Å². The van der Waals surface area contributed by atoms with E-state index in [0.29, 0.717) is 15.8 Å². The number of carbonyl (C=O) groups is 4. The number of nitrogens with zero attached hydrogens (tertiary/aromatic N) is 3. The lowest BCUT2D eigenvalue weighted by molar-refractivity contribution is -0.208. The van der Waals surface area contributed by atoms with Crippen LogP contribution in [0.5, 0.6) is 0 Å². The largest absolute Gasteiger partial charge is 0.467 e. The van der Waals surface area contributed by atoms with Crippen molar-refractivity contribution in [2.75, 3.05) is 14.2 Å². The van der Waals surface area contributed by atoms with Gasteiger partial charge in [-0.25, -0.2) is 14.6 Å². The average molecular weight is 638 g/mol. The van der Waals surface area contributed by atoms with Crippen molar-refractivity contribution in [1.82, 2.24) is 25.4 Å². The van der Waals surface area contributed by atoms with Crippen LogP contribution in [0.25, 0.3) is 22.7 Å². The summed E-state index contributed by atoms with van der Waals surface area (Å²) in [7, 11) is 2.33. The number of alkyl halides is 3. The van der Waals surface area contributed by atoms with Gasteiger partial charge < -0.3 is 29.6 Å². The van der Waals surface area contributed by atoms with Gasteiger partial charge in [0.25, 0.3) is 11.8 Å². The molecule has 45 heavy (non-hydrogen) atoms. The second-order valence-corrected chi connectivity index (χ2v) is 10.7.